The maximum Gasteiger partial charge on any atom is 0.412 e. The Bertz CT molecular complexity index is 1310. The van der Waals surface area contributed by atoms with Gasteiger partial charge in [0.1, 0.15) is 25.5 Å². The van der Waals surface area contributed by atoms with Gasteiger partial charge in [-0.1, -0.05) is 51.4 Å². The Morgan fingerprint density at radius 3 is 1.27 bits per heavy atom. The van der Waals surface area contributed by atoms with Crippen molar-refractivity contribution in [1.29, 1.82) is 0 Å². The van der Waals surface area contributed by atoms with Crippen molar-refractivity contribution in [3.05, 3.63) is 79.9 Å². The number of benzene rings is 2. The van der Waals surface area contributed by atoms with Gasteiger partial charge in [0.05, 0.1) is 22.9 Å². The van der Waals surface area contributed by atoms with E-state index in [-0.39, 0.29) is 36.9 Å². The number of aliphatic imine (C=N–C) groups is 2. The minimum absolute atomic E-state index is 0.00249. The summed E-state index contributed by atoms with van der Waals surface area (Å²) in [7, 11) is 0. The standard InChI is InChI=1S/C34H44N6O8/c41-33(47-25-27-13-17-29(18-14-27)39(43)44)37-23-21-35-31(37)11-9-7-5-3-1-2-4-6-8-10-12-32-36-22-24-38(32)34(42)48-26-28-15-19-30(20-16-28)40(45)46/h13-22,31-32H,1-12,23-26H2. The van der Waals surface area contributed by atoms with E-state index in [4.69, 9.17) is 9.47 Å². The highest BCUT2D eigenvalue weighted by Crippen LogP contribution is 2.21. The highest BCUT2D eigenvalue weighted by molar-refractivity contribution is 5.76. The number of nitro groups is 2. The van der Waals surface area contributed by atoms with E-state index in [1.54, 1.807) is 46.5 Å². The van der Waals surface area contributed by atoms with E-state index >= 15 is 0 Å². The lowest BCUT2D eigenvalue weighted by Crippen LogP contribution is -2.36. The molecule has 2 aliphatic heterocycles. The molecule has 258 valence electrons. The monoisotopic (exact) mass is 664 g/mol. The van der Waals surface area contributed by atoms with Gasteiger partial charge in [-0.05, 0) is 61.1 Å². The zero-order chi connectivity index (χ0) is 34.1. The summed E-state index contributed by atoms with van der Waals surface area (Å²) in [6, 6.07) is 11.9. The lowest BCUT2D eigenvalue weighted by atomic mass is 10.0. The van der Waals surface area contributed by atoms with Crippen LogP contribution in [0.5, 0.6) is 0 Å². The van der Waals surface area contributed by atoms with Crippen molar-refractivity contribution < 1.29 is 28.9 Å². The number of hydrogen-bond acceptors (Lipinski definition) is 10. The molecule has 0 aromatic heterocycles. The number of nitro benzene ring substituents is 2. The lowest BCUT2D eigenvalue weighted by molar-refractivity contribution is -0.385. The molecule has 0 aliphatic carbocycles. The van der Waals surface area contributed by atoms with Gasteiger partial charge < -0.3 is 9.47 Å². The zero-order valence-electron chi connectivity index (χ0n) is 27.2. The molecule has 2 unspecified atom stereocenters. The minimum atomic E-state index is -0.464. The summed E-state index contributed by atoms with van der Waals surface area (Å²) in [5.41, 5.74) is 1.38. The van der Waals surface area contributed by atoms with Crippen molar-refractivity contribution in [2.45, 2.75) is 103 Å². The highest BCUT2D eigenvalue weighted by atomic mass is 16.6. The summed E-state index contributed by atoms with van der Waals surface area (Å²) in [5.74, 6) is 0. The number of rotatable bonds is 19. The number of unbranched alkanes of at least 4 members (excludes halogenated alkanes) is 9. The summed E-state index contributed by atoms with van der Waals surface area (Å²) in [6.45, 7) is 0.960. The number of hydrogen-bond donors (Lipinski definition) is 0. The summed E-state index contributed by atoms with van der Waals surface area (Å²) in [4.78, 5) is 58.0. The normalized spacial score (nSPS) is 16.8. The molecule has 2 aliphatic rings. The smallest absolute Gasteiger partial charge is 0.412 e. The third kappa shape index (κ3) is 11.4. The first kappa shape index (κ1) is 36.0. The van der Waals surface area contributed by atoms with Gasteiger partial charge in [0.25, 0.3) is 11.4 Å². The Kier molecular flexibility index (Phi) is 14.3. The number of amides is 2. The molecule has 4 rings (SSSR count). The molecule has 14 nitrogen and oxygen atoms in total. The first-order valence-corrected chi connectivity index (χ1v) is 16.7. The van der Waals surface area contributed by atoms with Crippen LogP contribution in [0.2, 0.25) is 0 Å². The van der Waals surface area contributed by atoms with Crippen molar-refractivity contribution in [3.63, 3.8) is 0 Å². The molecule has 0 bridgehead atoms. The number of nitrogens with zero attached hydrogens (tertiary/aromatic N) is 6. The number of carbonyl (C=O) groups is 2. The quantitative estimate of drug-likeness (QED) is 0.0840. The van der Waals surface area contributed by atoms with E-state index in [0.717, 1.165) is 51.4 Å². The average molecular weight is 665 g/mol. The number of ether oxygens (including phenoxy) is 2. The Morgan fingerprint density at radius 1 is 0.604 bits per heavy atom. The molecule has 0 spiro atoms. The molecule has 48 heavy (non-hydrogen) atoms. The van der Waals surface area contributed by atoms with Crippen LogP contribution in [0.4, 0.5) is 21.0 Å². The Morgan fingerprint density at radius 2 is 0.938 bits per heavy atom. The maximum absolute atomic E-state index is 12.6. The van der Waals surface area contributed by atoms with E-state index in [2.05, 4.69) is 9.98 Å². The van der Waals surface area contributed by atoms with Gasteiger partial charge >= 0.3 is 12.2 Å². The van der Waals surface area contributed by atoms with Gasteiger partial charge in [-0.3, -0.25) is 40.0 Å². The fourth-order valence-corrected chi connectivity index (χ4v) is 5.72. The summed E-state index contributed by atoms with van der Waals surface area (Å²) in [5, 5.41) is 21.6. The summed E-state index contributed by atoms with van der Waals surface area (Å²) in [6.07, 6.45) is 15.0. The molecule has 2 heterocycles. The van der Waals surface area contributed by atoms with E-state index in [0.29, 0.717) is 24.2 Å². The van der Waals surface area contributed by atoms with Crippen molar-refractivity contribution in [2.24, 2.45) is 9.98 Å². The van der Waals surface area contributed by atoms with E-state index in [1.807, 2.05) is 0 Å². The molecule has 2 aromatic carbocycles. The van der Waals surface area contributed by atoms with Crippen molar-refractivity contribution >= 4 is 36.0 Å². The Balaban J connectivity index is 0.977. The predicted octanol–water partition coefficient (Wildman–Crippen LogP) is 7.58. The van der Waals surface area contributed by atoms with Crippen LogP contribution in [0, 0.1) is 20.2 Å². The zero-order valence-corrected chi connectivity index (χ0v) is 27.2. The van der Waals surface area contributed by atoms with Gasteiger partial charge in [0.15, 0.2) is 0 Å². The summed E-state index contributed by atoms with van der Waals surface area (Å²) >= 11 is 0. The fraction of sp³-hybridized carbons (Fsp3) is 0.529. The van der Waals surface area contributed by atoms with Gasteiger partial charge in [-0.15, -0.1) is 0 Å². The maximum atomic E-state index is 12.6. The first-order chi connectivity index (χ1) is 23.3. The third-order valence-electron chi connectivity index (χ3n) is 8.49. The lowest BCUT2D eigenvalue weighted by Gasteiger charge is -2.22. The number of carbonyl (C=O) groups excluding carboxylic acids is 2. The van der Waals surface area contributed by atoms with Crippen LogP contribution in [0.1, 0.15) is 88.2 Å². The SMILES string of the molecule is O=C(OCc1ccc([N+](=O)[O-])cc1)N1CC=NC1CCCCCCCCCCCCC1N=CCN1C(=O)OCc1ccc([N+](=O)[O-])cc1. The van der Waals surface area contributed by atoms with E-state index < -0.39 is 22.0 Å². The second kappa shape index (κ2) is 19.1. The second-order valence-corrected chi connectivity index (χ2v) is 12.0. The van der Waals surface area contributed by atoms with Crippen LogP contribution in [-0.4, -0.2) is 69.7 Å². The van der Waals surface area contributed by atoms with Gasteiger partial charge in [0.2, 0.25) is 0 Å². The molecule has 0 fully saturated rings. The second-order valence-electron chi connectivity index (χ2n) is 12.0. The minimum Gasteiger partial charge on any atom is -0.444 e. The summed E-state index contributed by atoms with van der Waals surface area (Å²) < 4.78 is 10.8. The molecule has 0 N–H and O–H groups in total. The van der Waals surface area contributed by atoms with Gasteiger partial charge in [-0.2, -0.15) is 0 Å². The van der Waals surface area contributed by atoms with Gasteiger partial charge in [-0.25, -0.2) is 9.59 Å². The molecule has 0 saturated carbocycles. The predicted molar refractivity (Wildman–Crippen MR) is 180 cm³/mol. The Hall–Kier alpha value is -4.88. The van der Waals surface area contributed by atoms with Crippen molar-refractivity contribution in [3.8, 4) is 0 Å². The van der Waals surface area contributed by atoms with Crippen LogP contribution in [-0.2, 0) is 22.7 Å². The van der Waals surface area contributed by atoms with Crippen molar-refractivity contribution in [1.82, 2.24) is 9.80 Å². The highest BCUT2D eigenvalue weighted by Gasteiger charge is 2.28. The topological polar surface area (TPSA) is 170 Å². The largest absolute Gasteiger partial charge is 0.444 e. The Labute approximate surface area is 280 Å². The molecule has 0 saturated heterocycles. The van der Waals surface area contributed by atoms with Crippen LogP contribution in [0.25, 0.3) is 0 Å². The van der Waals surface area contributed by atoms with E-state index in [9.17, 15) is 29.8 Å². The van der Waals surface area contributed by atoms with Crippen LogP contribution in [0.15, 0.2) is 58.5 Å². The molecule has 0 radical (unpaired) electrons. The van der Waals surface area contributed by atoms with Gasteiger partial charge in [0, 0.05) is 36.7 Å². The van der Waals surface area contributed by atoms with Crippen LogP contribution in [0.3, 0.4) is 0 Å². The first-order valence-electron chi connectivity index (χ1n) is 16.7. The van der Waals surface area contributed by atoms with Crippen LogP contribution >= 0.6 is 0 Å². The average Bonchev–Trinajstić information content (AvgIpc) is 3.77. The third-order valence-corrected chi connectivity index (χ3v) is 8.49. The molecular formula is C34H44N6O8. The van der Waals surface area contributed by atoms with Crippen LogP contribution < -0.4 is 0 Å². The molecule has 2 aromatic rings. The number of non-ortho nitro benzene ring substituents is 2. The molecule has 2 atom stereocenters. The molecule has 2 amide bonds. The van der Waals surface area contributed by atoms with E-state index in [1.165, 1.54) is 49.9 Å². The molecular weight excluding hydrogens is 620 g/mol. The molecule has 14 heteroatoms. The fourth-order valence-electron chi connectivity index (χ4n) is 5.72. The van der Waals surface area contributed by atoms with Crippen molar-refractivity contribution in [2.75, 3.05) is 13.1 Å².